The molecule has 29 heavy (non-hydrogen) atoms. The number of carbonyl (C=O) groups excluding carboxylic acids is 1. The first-order valence-electron chi connectivity index (χ1n) is 10.2. The molecule has 0 spiro atoms. The van der Waals surface area contributed by atoms with Crippen LogP contribution in [-0.2, 0) is 17.8 Å². The Labute approximate surface area is 173 Å². The highest BCUT2D eigenvalue weighted by molar-refractivity contribution is 7.71. The molecule has 3 aromatic rings. The Balaban J connectivity index is 1.26. The van der Waals surface area contributed by atoms with Gasteiger partial charge in [-0.15, -0.1) is 0 Å². The number of unbranched alkanes of at least 4 members (excludes halogenated alkanes) is 2. The number of furan rings is 1. The van der Waals surface area contributed by atoms with Gasteiger partial charge in [0.25, 0.3) is 5.56 Å². The molecule has 0 fully saturated rings. The van der Waals surface area contributed by atoms with Crippen molar-refractivity contribution in [2.45, 2.75) is 57.5 Å². The van der Waals surface area contributed by atoms with E-state index in [2.05, 4.69) is 10.3 Å². The van der Waals surface area contributed by atoms with E-state index in [-0.39, 0.29) is 17.5 Å². The lowest BCUT2D eigenvalue weighted by molar-refractivity contribution is -0.122. The molecule has 0 radical (unpaired) electrons. The molecule has 1 unspecified atom stereocenters. The molecule has 2 N–H and O–H groups in total. The first-order valence-corrected chi connectivity index (χ1v) is 10.6. The average molecular weight is 412 g/mol. The minimum Gasteiger partial charge on any atom is -0.469 e. The third-order valence-corrected chi connectivity index (χ3v) is 5.88. The SMILES string of the molecule is O=C(CCCCCn1c(=S)[nH]c2ccccc2c1=O)NC1CCCc2occc21. The van der Waals surface area contributed by atoms with Crippen LogP contribution in [0.4, 0.5) is 0 Å². The number of nitrogens with one attached hydrogen (secondary N) is 2. The number of aryl methyl sites for hydroxylation is 1. The third kappa shape index (κ3) is 4.34. The van der Waals surface area contributed by atoms with Crippen molar-refractivity contribution in [1.82, 2.24) is 14.9 Å². The Hall–Kier alpha value is -2.67. The first-order chi connectivity index (χ1) is 14.1. The van der Waals surface area contributed by atoms with Crippen molar-refractivity contribution in [1.29, 1.82) is 0 Å². The second-order valence-electron chi connectivity index (χ2n) is 7.55. The Morgan fingerprint density at radius 2 is 2.10 bits per heavy atom. The number of hydrogen-bond acceptors (Lipinski definition) is 4. The number of H-pyrrole nitrogens is 1. The number of nitrogens with zero attached hydrogens (tertiary/aromatic N) is 1. The highest BCUT2D eigenvalue weighted by Gasteiger charge is 2.23. The van der Waals surface area contributed by atoms with Crippen molar-refractivity contribution in [3.63, 3.8) is 0 Å². The van der Waals surface area contributed by atoms with Crippen molar-refractivity contribution in [3.8, 4) is 0 Å². The lowest BCUT2D eigenvalue weighted by Crippen LogP contribution is -2.30. The molecule has 1 atom stereocenters. The molecule has 0 saturated heterocycles. The van der Waals surface area contributed by atoms with Crippen LogP contribution in [0.15, 0.2) is 45.8 Å². The van der Waals surface area contributed by atoms with E-state index < -0.39 is 0 Å². The molecule has 1 amide bonds. The van der Waals surface area contributed by atoms with Gasteiger partial charge in [-0.1, -0.05) is 18.6 Å². The highest BCUT2D eigenvalue weighted by Crippen LogP contribution is 2.30. The molecule has 1 aromatic carbocycles. The number of aromatic nitrogens is 2. The van der Waals surface area contributed by atoms with Crippen LogP contribution in [0.1, 0.15) is 55.9 Å². The largest absolute Gasteiger partial charge is 0.469 e. The summed E-state index contributed by atoms with van der Waals surface area (Å²) in [7, 11) is 0. The summed E-state index contributed by atoms with van der Waals surface area (Å²) < 4.78 is 7.53. The van der Waals surface area contributed by atoms with Gasteiger partial charge in [-0.05, 0) is 56.1 Å². The van der Waals surface area contributed by atoms with Crippen molar-refractivity contribution in [2.24, 2.45) is 0 Å². The summed E-state index contributed by atoms with van der Waals surface area (Å²) >= 11 is 5.34. The van der Waals surface area contributed by atoms with E-state index in [0.717, 1.165) is 55.4 Å². The minimum atomic E-state index is -0.0599. The fourth-order valence-electron chi connectivity index (χ4n) is 4.04. The normalized spacial score (nSPS) is 15.9. The van der Waals surface area contributed by atoms with Crippen LogP contribution in [0.25, 0.3) is 10.9 Å². The predicted molar refractivity (Wildman–Crippen MR) is 114 cm³/mol. The smallest absolute Gasteiger partial charge is 0.262 e. The van der Waals surface area contributed by atoms with E-state index in [9.17, 15) is 9.59 Å². The maximum atomic E-state index is 12.6. The predicted octanol–water partition coefficient (Wildman–Crippen LogP) is 4.41. The van der Waals surface area contributed by atoms with E-state index in [4.69, 9.17) is 16.6 Å². The highest BCUT2D eigenvalue weighted by atomic mass is 32.1. The van der Waals surface area contributed by atoms with Gasteiger partial charge < -0.3 is 14.7 Å². The zero-order valence-electron chi connectivity index (χ0n) is 16.3. The van der Waals surface area contributed by atoms with Crippen molar-refractivity contribution < 1.29 is 9.21 Å². The van der Waals surface area contributed by atoms with Crippen molar-refractivity contribution in [2.75, 3.05) is 0 Å². The fourth-order valence-corrected chi connectivity index (χ4v) is 4.32. The molecule has 1 aliphatic rings. The quantitative estimate of drug-likeness (QED) is 0.446. The third-order valence-electron chi connectivity index (χ3n) is 5.56. The zero-order valence-corrected chi connectivity index (χ0v) is 17.1. The lowest BCUT2D eigenvalue weighted by Gasteiger charge is -2.22. The van der Waals surface area contributed by atoms with Crippen LogP contribution in [0, 0.1) is 4.77 Å². The maximum absolute atomic E-state index is 12.6. The second-order valence-corrected chi connectivity index (χ2v) is 7.94. The first kappa shape index (κ1) is 19.6. The van der Waals surface area contributed by atoms with Crippen LogP contribution < -0.4 is 10.9 Å². The number of para-hydroxylation sites is 1. The molecule has 1 aliphatic carbocycles. The van der Waals surface area contributed by atoms with Crippen LogP contribution in [0.2, 0.25) is 0 Å². The summed E-state index contributed by atoms with van der Waals surface area (Å²) in [5.74, 6) is 1.07. The van der Waals surface area contributed by atoms with Crippen LogP contribution in [0.3, 0.4) is 0 Å². The van der Waals surface area contributed by atoms with Gasteiger partial charge in [0.2, 0.25) is 5.91 Å². The molecule has 152 valence electrons. The summed E-state index contributed by atoms with van der Waals surface area (Å²) in [6.45, 7) is 0.557. The number of fused-ring (bicyclic) bond motifs is 2. The zero-order chi connectivity index (χ0) is 20.2. The van der Waals surface area contributed by atoms with Gasteiger partial charge in [0.05, 0.1) is 23.2 Å². The summed E-state index contributed by atoms with van der Waals surface area (Å²) in [4.78, 5) is 28.1. The van der Waals surface area contributed by atoms with Gasteiger partial charge in [-0.25, -0.2) is 0 Å². The molecule has 7 heteroatoms. The number of aromatic amines is 1. The Bertz CT molecular complexity index is 1130. The van der Waals surface area contributed by atoms with Gasteiger partial charge in [0.1, 0.15) is 5.76 Å². The van der Waals surface area contributed by atoms with E-state index in [1.54, 1.807) is 16.9 Å². The molecule has 0 saturated carbocycles. The number of carbonyl (C=O) groups is 1. The number of benzene rings is 1. The van der Waals surface area contributed by atoms with E-state index in [0.29, 0.717) is 23.1 Å². The summed E-state index contributed by atoms with van der Waals surface area (Å²) in [5, 5.41) is 3.78. The van der Waals surface area contributed by atoms with Crippen LogP contribution >= 0.6 is 12.2 Å². The topological polar surface area (TPSA) is 80.0 Å². The standard InChI is InChI=1S/C22H25N3O3S/c26-20(23-17-9-6-10-19-15(17)12-14-28-19)11-2-1-5-13-25-21(27)16-7-3-4-8-18(16)24-22(25)29/h3-4,7-8,12,14,17H,1-2,5-6,9-11,13H2,(H,23,26)(H,24,29). The molecule has 6 nitrogen and oxygen atoms in total. The van der Waals surface area contributed by atoms with Gasteiger partial charge in [-0.3, -0.25) is 14.2 Å². The summed E-state index contributed by atoms with van der Waals surface area (Å²) in [5.41, 5.74) is 1.82. The second kappa shape index (κ2) is 8.78. The van der Waals surface area contributed by atoms with Gasteiger partial charge in [-0.2, -0.15) is 0 Å². The van der Waals surface area contributed by atoms with Gasteiger partial charge in [0, 0.05) is 24.9 Å². The molecule has 4 rings (SSSR count). The lowest BCUT2D eigenvalue weighted by atomic mass is 9.93. The minimum absolute atomic E-state index is 0.0599. The number of hydrogen-bond donors (Lipinski definition) is 2. The van der Waals surface area contributed by atoms with Crippen LogP contribution in [-0.4, -0.2) is 15.5 Å². The summed E-state index contributed by atoms with van der Waals surface area (Å²) in [6, 6.07) is 9.42. The van der Waals surface area contributed by atoms with Crippen molar-refractivity contribution >= 4 is 29.0 Å². The molecular formula is C22H25N3O3S. The monoisotopic (exact) mass is 411 g/mol. The molecular weight excluding hydrogens is 386 g/mol. The maximum Gasteiger partial charge on any atom is 0.262 e. The van der Waals surface area contributed by atoms with Crippen molar-refractivity contribution in [3.05, 3.63) is 63.0 Å². The molecule has 2 heterocycles. The molecule has 0 bridgehead atoms. The molecule has 2 aromatic heterocycles. The molecule has 0 aliphatic heterocycles. The van der Waals surface area contributed by atoms with Gasteiger partial charge >= 0.3 is 0 Å². The number of rotatable bonds is 7. The Morgan fingerprint density at radius 3 is 3.00 bits per heavy atom. The Kier molecular flexibility index (Phi) is 5.94. The van der Waals surface area contributed by atoms with E-state index in [1.807, 2.05) is 24.3 Å². The van der Waals surface area contributed by atoms with E-state index >= 15 is 0 Å². The van der Waals surface area contributed by atoms with Gasteiger partial charge in [0.15, 0.2) is 4.77 Å². The van der Waals surface area contributed by atoms with E-state index in [1.165, 1.54) is 0 Å². The number of amides is 1. The van der Waals surface area contributed by atoms with Crippen LogP contribution in [0.5, 0.6) is 0 Å². The Morgan fingerprint density at radius 1 is 1.24 bits per heavy atom. The average Bonchev–Trinajstić information content (AvgIpc) is 3.20. The fraction of sp³-hybridized carbons (Fsp3) is 0.409. The summed E-state index contributed by atoms with van der Waals surface area (Å²) in [6.07, 6.45) is 7.59.